The molecule has 0 radical (unpaired) electrons. The summed E-state index contributed by atoms with van der Waals surface area (Å²) in [5.41, 5.74) is 7.97. The van der Waals surface area contributed by atoms with Crippen molar-refractivity contribution in [3.8, 4) is 11.1 Å². The number of anilines is 3. The third-order valence-electron chi connectivity index (χ3n) is 10.2. The third kappa shape index (κ3) is 4.15. The van der Waals surface area contributed by atoms with Crippen molar-refractivity contribution < 1.29 is 8.83 Å². The maximum Gasteiger partial charge on any atom is 0.229 e. The zero-order valence-corrected chi connectivity index (χ0v) is 27.2. The van der Waals surface area contributed by atoms with Crippen LogP contribution < -0.4 is 4.90 Å². The average molecular weight is 654 g/mol. The number of nitrogens with zero attached hydrogens (tertiary/aromatic N) is 3. The lowest BCUT2D eigenvalue weighted by Gasteiger charge is -2.26. The molecule has 0 aliphatic rings. The van der Waals surface area contributed by atoms with E-state index in [1.54, 1.807) is 6.20 Å². The number of hydrogen-bond donors (Lipinski definition) is 0. The molecule has 0 aliphatic carbocycles. The molecule has 4 heterocycles. The Balaban J connectivity index is 1.12. The minimum atomic E-state index is 0.580. The highest BCUT2D eigenvalue weighted by Crippen LogP contribution is 2.46. The van der Waals surface area contributed by atoms with E-state index in [1.165, 1.54) is 32.3 Å². The van der Waals surface area contributed by atoms with Crippen molar-refractivity contribution in [3.63, 3.8) is 0 Å². The molecule has 0 bridgehead atoms. The normalized spacial score (nSPS) is 11.9. The van der Waals surface area contributed by atoms with E-state index in [0.717, 1.165) is 66.5 Å². The summed E-state index contributed by atoms with van der Waals surface area (Å²) >= 11 is 0. The van der Waals surface area contributed by atoms with E-state index in [2.05, 4.69) is 113 Å². The van der Waals surface area contributed by atoms with Gasteiger partial charge in [-0.2, -0.15) is 0 Å². The first-order valence-electron chi connectivity index (χ1n) is 17.1. The van der Waals surface area contributed by atoms with Gasteiger partial charge in [0.25, 0.3) is 0 Å². The molecule has 11 rings (SSSR count). The zero-order chi connectivity index (χ0) is 33.5. The first-order valence-corrected chi connectivity index (χ1v) is 17.1. The minimum absolute atomic E-state index is 0.580. The van der Waals surface area contributed by atoms with Crippen LogP contribution in [0.1, 0.15) is 0 Å². The van der Waals surface area contributed by atoms with Gasteiger partial charge in [-0.25, -0.2) is 4.98 Å². The maximum atomic E-state index is 6.57. The van der Waals surface area contributed by atoms with Crippen molar-refractivity contribution in [2.24, 2.45) is 0 Å². The molecule has 238 valence electrons. The molecule has 0 N–H and O–H groups in total. The van der Waals surface area contributed by atoms with E-state index in [9.17, 15) is 0 Å². The summed E-state index contributed by atoms with van der Waals surface area (Å²) in [4.78, 5) is 11.6. The fraction of sp³-hybridized carbons (Fsp3) is 0. The Morgan fingerprint density at radius 2 is 1.02 bits per heavy atom. The standard InChI is InChI=1S/C46H27N3O2/c1-2-11-33-31(9-1)32-10-3-4-12-34(32)38-25-29(19-22-35(33)38)28-17-20-30(21-18-28)49(40-23-24-48-46-44(40)37-14-6-8-16-43(37)51-46)41-27-47-26-39-36-13-5-7-15-42(36)50-45(39)41/h1-27H. The van der Waals surface area contributed by atoms with Crippen molar-refractivity contribution >= 4 is 93.4 Å². The van der Waals surface area contributed by atoms with Crippen molar-refractivity contribution in [2.45, 2.75) is 0 Å². The van der Waals surface area contributed by atoms with Gasteiger partial charge in [0, 0.05) is 34.2 Å². The summed E-state index contributed by atoms with van der Waals surface area (Å²) < 4.78 is 12.8. The van der Waals surface area contributed by atoms with Gasteiger partial charge in [-0.1, -0.05) is 109 Å². The van der Waals surface area contributed by atoms with Crippen molar-refractivity contribution in [1.29, 1.82) is 0 Å². The van der Waals surface area contributed by atoms with Gasteiger partial charge in [0.15, 0.2) is 5.58 Å². The maximum absolute atomic E-state index is 6.57. The Morgan fingerprint density at radius 1 is 0.431 bits per heavy atom. The molecule has 5 nitrogen and oxygen atoms in total. The molecule has 0 saturated carbocycles. The van der Waals surface area contributed by atoms with E-state index in [0.29, 0.717) is 5.71 Å². The van der Waals surface area contributed by atoms with Crippen LogP contribution in [-0.2, 0) is 0 Å². The molecule has 0 saturated heterocycles. The fourth-order valence-electron chi connectivity index (χ4n) is 7.90. The molecule has 0 fully saturated rings. The SMILES string of the molecule is c1ccc2c(c1)oc1c(N(c3ccc(-c4ccc5c6ccccc6c6ccccc6c5c4)cc3)c3ccnc4oc5ccccc5c34)cncc12. The highest BCUT2D eigenvalue weighted by molar-refractivity contribution is 6.25. The lowest BCUT2D eigenvalue weighted by Crippen LogP contribution is -2.11. The van der Waals surface area contributed by atoms with Crippen molar-refractivity contribution in [1.82, 2.24) is 9.97 Å². The molecule has 4 aromatic heterocycles. The first-order chi connectivity index (χ1) is 25.3. The molecule has 0 amide bonds. The van der Waals surface area contributed by atoms with Crippen LogP contribution in [0.5, 0.6) is 0 Å². The van der Waals surface area contributed by atoms with Gasteiger partial charge in [-0.15, -0.1) is 0 Å². The van der Waals surface area contributed by atoms with E-state index >= 15 is 0 Å². The first kappa shape index (κ1) is 27.9. The Kier molecular flexibility index (Phi) is 5.89. The molecule has 5 heteroatoms. The fourth-order valence-corrected chi connectivity index (χ4v) is 7.90. The van der Waals surface area contributed by atoms with Crippen LogP contribution in [0.2, 0.25) is 0 Å². The van der Waals surface area contributed by atoms with Crippen LogP contribution in [0.15, 0.2) is 173 Å². The molecule has 11 aromatic rings. The average Bonchev–Trinajstić information content (AvgIpc) is 3.78. The Hall–Kier alpha value is -6.98. The molecule has 0 spiro atoms. The Labute approximate surface area is 291 Å². The summed E-state index contributed by atoms with van der Waals surface area (Å²) in [5, 5.41) is 11.5. The van der Waals surface area contributed by atoms with Crippen LogP contribution in [-0.4, -0.2) is 9.97 Å². The molecular weight excluding hydrogens is 627 g/mol. The van der Waals surface area contributed by atoms with Crippen molar-refractivity contribution in [2.75, 3.05) is 4.90 Å². The molecule has 7 aromatic carbocycles. The summed E-state index contributed by atoms with van der Waals surface area (Å²) in [7, 11) is 0. The number of rotatable bonds is 4. The van der Waals surface area contributed by atoms with Gasteiger partial charge in [0.05, 0.1) is 17.3 Å². The summed E-state index contributed by atoms with van der Waals surface area (Å²) in [6.07, 6.45) is 5.57. The number of hydrogen-bond acceptors (Lipinski definition) is 5. The summed E-state index contributed by atoms with van der Waals surface area (Å²) in [5.74, 6) is 0. The zero-order valence-electron chi connectivity index (χ0n) is 27.2. The van der Waals surface area contributed by atoms with Gasteiger partial charge in [0.2, 0.25) is 5.71 Å². The number of para-hydroxylation sites is 2. The third-order valence-corrected chi connectivity index (χ3v) is 10.2. The number of pyridine rings is 2. The molecular formula is C46H27N3O2. The van der Waals surface area contributed by atoms with E-state index in [4.69, 9.17) is 13.8 Å². The number of aromatic nitrogens is 2. The van der Waals surface area contributed by atoms with Gasteiger partial charge >= 0.3 is 0 Å². The molecule has 0 unspecified atom stereocenters. The quantitative estimate of drug-likeness (QED) is 0.177. The van der Waals surface area contributed by atoms with Crippen LogP contribution >= 0.6 is 0 Å². The van der Waals surface area contributed by atoms with Gasteiger partial charge < -0.3 is 13.7 Å². The largest absolute Gasteiger partial charge is 0.454 e. The predicted octanol–water partition coefficient (Wildman–Crippen LogP) is 12.9. The Morgan fingerprint density at radius 3 is 1.75 bits per heavy atom. The van der Waals surface area contributed by atoms with Gasteiger partial charge in [0.1, 0.15) is 16.9 Å². The van der Waals surface area contributed by atoms with Crippen LogP contribution in [0.25, 0.3) is 87.5 Å². The lowest BCUT2D eigenvalue weighted by atomic mass is 9.92. The highest BCUT2D eigenvalue weighted by Gasteiger charge is 2.24. The number of fused-ring (bicyclic) bond motifs is 12. The monoisotopic (exact) mass is 653 g/mol. The topological polar surface area (TPSA) is 55.3 Å². The predicted molar refractivity (Wildman–Crippen MR) is 209 cm³/mol. The Bertz CT molecular complexity index is 3120. The highest BCUT2D eigenvalue weighted by atomic mass is 16.3. The smallest absolute Gasteiger partial charge is 0.229 e. The number of furan rings is 2. The van der Waals surface area contributed by atoms with Crippen LogP contribution in [0.3, 0.4) is 0 Å². The van der Waals surface area contributed by atoms with E-state index in [-0.39, 0.29) is 0 Å². The second kappa shape index (κ2) is 10.8. The van der Waals surface area contributed by atoms with Gasteiger partial charge in [-0.05, 0) is 79.8 Å². The number of benzene rings is 7. The summed E-state index contributed by atoms with van der Waals surface area (Å²) in [6, 6.07) is 51.2. The van der Waals surface area contributed by atoms with Crippen LogP contribution in [0, 0.1) is 0 Å². The van der Waals surface area contributed by atoms with E-state index in [1.807, 2.05) is 54.9 Å². The molecule has 0 atom stereocenters. The van der Waals surface area contributed by atoms with Crippen molar-refractivity contribution in [3.05, 3.63) is 164 Å². The second-order valence-electron chi connectivity index (χ2n) is 13.0. The summed E-state index contributed by atoms with van der Waals surface area (Å²) in [6.45, 7) is 0. The van der Waals surface area contributed by atoms with Gasteiger partial charge in [-0.3, -0.25) is 4.98 Å². The van der Waals surface area contributed by atoms with Crippen LogP contribution in [0.4, 0.5) is 17.1 Å². The lowest BCUT2D eigenvalue weighted by molar-refractivity contribution is 0.654. The van der Waals surface area contributed by atoms with E-state index < -0.39 is 0 Å². The minimum Gasteiger partial charge on any atom is -0.454 e. The second-order valence-corrected chi connectivity index (χ2v) is 13.0. The molecule has 0 aliphatic heterocycles. The molecule has 51 heavy (non-hydrogen) atoms.